The fourth-order valence-corrected chi connectivity index (χ4v) is 7.46. The Morgan fingerprint density at radius 3 is 2.67 bits per heavy atom. The molecule has 0 radical (unpaired) electrons. The maximum absolute atomic E-state index is 13.2. The number of para-hydroxylation sites is 1. The average molecular weight is 583 g/mol. The van der Waals surface area contributed by atoms with Crippen LogP contribution in [0.25, 0.3) is 0 Å². The highest BCUT2D eigenvalue weighted by molar-refractivity contribution is 5.87. The van der Waals surface area contributed by atoms with Crippen LogP contribution in [-0.4, -0.2) is 96.5 Å². The zero-order valence-corrected chi connectivity index (χ0v) is 25.4. The molecular weight excluding hydrogens is 540 g/mol. The van der Waals surface area contributed by atoms with Crippen molar-refractivity contribution in [2.75, 3.05) is 61.5 Å². The summed E-state index contributed by atoms with van der Waals surface area (Å²) in [5, 5.41) is 9.57. The summed E-state index contributed by atoms with van der Waals surface area (Å²) in [6.45, 7) is 7.10. The molecule has 0 unspecified atom stereocenters. The highest BCUT2D eigenvalue weighted by Crippen LogP contribution is 2.37. The number of rotatable bonds is 6. The van der Waals surface area contributed by atoms with E-state index >= 15 is 0 Å². The zero-order valence-electron chi connectivity index (χ0n) is 25.4. The van der Waals surface area contributed by atoms with Crippen molar-refractivity contribution < 1.29 is 9.59 Å². The van der Waals surface area contributed by atoms with Gasteiger partial charge in [-0.15, -0.1) is 0 Å². The van der Waals surface area contributed by atoms with Crippen molar-refractivity contribution >= 4 is 29.3 Å². The third kappa shape index (κ3) is 5.53. The molecular formula is C33H42N8O2. The van der Waals surface area contributed by atoms with E-state index in [1.54, 1.807) is 23.9 Å². The number of nitrogens with zero attached hydrogens (tertiary/aromatic N) is 8. The van der Waals surface area contributed by atoms with E-state index in [0.717, 1.165) is 69.5 Å². The molecule has 6 rings (SSSR count). The molecule has 1 aliphatic carbocycles. The highest BCUT2D eigenvalue weighted by Gasteiger charge is 2.38. The van der Waals surface area contributed by atoms with Crippen molar-refractivity contribution in [2.24, 2.45) is 0 Å². The number of hydrogen-bond donors (Lipinski definition) is 0. The van der Waals surface area contributed by atoms with Crippen LogP contribution in [0.5, 0.6) is 0 Å². The monoisotopic (exact) mass is 582 g/mol. The van der Waals surface area contributed by atoms with Crippen LogP contribution in [-0.2, 0) is 28.9 Å². The van der Waals surface area contributed by atoms with E-state index in [0.29, 0.717) is 31.6 Å². The SMILES string of the molecule is C=CC(=O)N1CCN(c2nc(N3CCC[C@@H]3C(=O)N(C)C)nc3c2CC[C@H](N2CCCc4ccccc42)C3)C[C@@H]1CC#N. The molecule has 226 valence electrons. The molecule has 3 atom stereocenters. The Morgan fingerprint density at radius 2 is 1.88 bits per heavy atom. The number of hydrogen-bond acceptors (Lipinski definition) is 8. The standard InChI is InChI=1S/C33H42N8O2/c1-4-30(42)40-20-19-38(22-25(40)15-16-34)31-26-14-13-24(39-17-7-10-23-9-5-6-11-28(23)39)21-27(26)35-33(36-31)41-18-8-12-29(41)32(43)37(2)3/h4-6,9,11,24-25,29H,1,7-8,10,12-15,17-22H2,2-3H3/t24-,25-,29+/m0/s1. The van der Waals surface area contributed by atoms with Gasteiger partial charge in [-0.3, -0.25) is 9.59 Å². The number of carbonyl (C=O) groups is 2. The summed E-state index contributed by atoms with van der Waals surface area (Å²) in [7, 11) is 3.61. The lowest BCUT2D eigenvalue weighted by atomic mass is 9.88. The van der Waals surface area contributed by atoms with E-state index in [1.165, 1.54) is 22.9 Å². The van der Waals surface area contributed by atoms with Crippen LogP contribution in [0.2, 0.25) is 0 Å². The molecule has 3 aliphatic heterocycles. The molecule has 2 fully saturated rings. The maximum atomic E-state index is 13.2. The molecule has 43 heavy (non-hydrogen) atoms. The molecule has 0 N–H and O–H groups in total. The van der Waals surface area contributed by atoms with Gasteiger partial charge in [0.05, 0.1) is 24.2 Å². The minimum atomic E-state index is -0.275. The van der Waals surface area contributed by atoms with Crippen LogP contribution in [0, 0.1) is 11.3 Å². The summed E-state index contributed by atoms with van der Waals surface area (Å²) in [5.74, 6) is 1.45. The predicted molar refractivity (Wildman–Crippen MR) is 167 cm³/mol. The van der Waals surface area contributed by atoms with Gasteiger partial charge in [0.2, 0.25) is 17.8 Å². The molecule has 0 saturated carbocycles. The molecule has 4 aliphatic rings. The van der Waals surface area contributed by atoms with Crippen molar-refractivity contribution in [2.45, 2.75) is 69.5 Å². The number of benzene rings is 1. The van der Waals surface area contributed by atoms with Gasteiger partial charge < -0.3 is 24.5 Å². The Morgan fingerprint density at radius 1 is 1.07 bits per heavy atom. The molecule has 2 amide bonds. The smallest absolute Gasteiger partial charge is 0.246 e. The minimum Gasteiger partial charge on any atom is -0.368 e. The number of amides is 2. The van der Waals surface area contributed by atoms with Crippen LogP contribution >= 0.6 is 0 Å². The number of anilines is 3. The van der Waals surface area contributed by atoms with Crippen molar-refractivity contribution in [3.8, 4) is 6.07 Å². The lowest BCUT2D eigenvalue weighted by Gasteiger charge is -2.43. The number of carbonyl (C=O) groups excluding carboxylic acids is 2. The zero-order chi connectivity index (χ0) is 30.1. The Labute approximate surface area is 254 Å². The first kappa shape index (κ1) is 29.0. The fourth-order valence-electron chi connectivity index (χ4n) is 7.46. The Kier molecular flexibility index (Phi) is 8.24. The number of likely N-dealkylation sites (N-methyl/N-ethyl adjacent to an activating group) is 1. The molecule has 0 bridgehead atoms. The average Bonchev–Trinajstić information content (AvgIpc) is 3.53. The van der Waals surface area contributed by atoms with E-state index in [2.05, 4.69) is 51.6 Å². The van der Waals surface area contributed by atoms with Gasteiger partial charge in [0.15, 0.2) is 0 Å². The van der Waals surface area contributed by atoms with Crippen LogP contribution in [0.1, 0.15) is 48.9 Å². The predicted octanol–water partition coefficient (Wildman–Crippen LogP) is 2.96. The van der Waals surface area contributed by atoms with Crippen molar-refractivity contribution in [1.29, 1.82) is 5.26 Å². The van der Waals surface area contributed by atoms with E-state index in [9.17, 15) is 14.9 Å². The second-order valence-electron chi connectivity index (χ2n) is 12.4. The Bertz CT molecular complexity index is 1430. The summed E-state index contributed by atoms with van der Waals surface area (Å²) in [4.78, 5) is 46.5. The quantitative estimate of drug-likeness (QED) is 0.480. The van der Waals surface area contributed by atoms with Crippen LogP contribution in [0.4, 0.5) is 17.5 Å². The van der Waals surface area contributed by atoms with Gasteiger partial charge in [-0.1, -0.05) is 24.8 Å². The topological polar surface area (TPSA) is 99.9 Å². The number of nitriles is 1. The van der Waals surface area contributed by atoms with Crippen molar-refractivity contribution in [3.63, 3.8) is 0 Å². The van der Waals surface area contributed by atoms with Crippen LogP contribution < -0.4 is 14.7 Å². The molecule has 1 aromatic heterocycles. The molecule has 2 aromatic rings. The van der Waals surface area contributed by atoms with Crippen LogP contribution in [0.3, 0.4) is 0 Å². The maximum Gasteiger partial charge on any atom is 0.246 e. The van der Waals surface area contributed by atoms with Crippen molar-refractivity contribution in [1.82, 2.24) is 19.8 Å². The van der Waals surface area contributed by atoms with Gasteiger partial charge in [0.1, 0.15) is 11.9 Å². The van der Waals surface area contributed by atoms with Gasteiger partial charge in [0, 0.05) is 70.5 Å². The highest BCUT2D eigenvalue weighted by atomic mass is 16.2. The van der Waals surface area contributed by atoms with Gasteiger partial charge in [-0.2, -0.15) is 10.2 Å². The molecule has 1 aromatic carbocycles. The molecule has 2 saturated heterocycles. The van der Waals surface area contributed by atoms with Gasteiger partial charge in [0.25, 0.3) is 0 Å². The minimum absolute atomic E-state index is 0.0776. The first-order valence-electron chi connectivity index (χ1n) is 15.7. The molecule has 10 heteroatoms. The van der Waals surface area contributed by atoms with Crippen LogP contribution in [0.15, 0.2) is 36.9 Å². The Balaban J connectivity index is 1.37. The van der Waals surface area contributed by atoms with E-state index in [-0.39, 0.29) is 30.3 Å². The summed E-state index contributed by atoms with van der Waals surface area (Å²) in [6.07, 6.45) is 8.25. The first-order valence-corrected chi connectivity index (χ1v) is 15.7. The van der Waals surface area contributed by atoms with Crippen molar-refractivity contribution in [3.05, 3.63) is 53.7 Å². The third-order valence-corrected chi connectivity index (χ3v) is 9.61. The Hall–Kier alpha value is -4.13. The second kappa shape index (κ2) is 12.2. The summed E-state index contributed by atoms with van der Waals surface area (Å²) < 4.78 is 0. The lowest BCUT2D eigenvalue weighted by molar-refractivity contribution is -0.130. The van der Waals surface area contributed by atoms with Gasteiger partial charge in [-0.25, -0.2) is 4.98 Å². The number of fused-ring (bicyclic) bond motifs is 2. The van der Waals surface area contributed by atoms with Gasteiger partial charge in [-0.05, 0) is 56.2 Å². The number of aromatic nitrogens is 2. The summed E-state index contributed by atoms with van der Waals surface area (Å²) in [5.41, 5.74) is 4.99. The largest absolute Gasteiger partial charge is 0.368 e. The number of piperazine rings is 1. The van der Waals surface area contributed by atoms with E-state index < -0.39 is 0 Å². The molecule has 0 spiro atoms. The number of aryl methyl sites for hydroxylation is 1. The van der Waals surface area contributed by atoms with E-state index in [4.69, 9.17) is 9.97 Å². The summed E-state index contributed by atoms with van der Waals surface area (Å²) >= 11 is 0. The fraction of sp³-hybridized carbons (Fsp3) is 0.545. The molecule has 4 heterocycles. The lowest BCUT2D eigenvalue weighted by Crippen LogP contribution is -2.55. The summed E-state index contributed by atoms with van der Waals surface area (Å²) in [6, 6.07) is 10.9. The van der Waals surface area contributed by atoms with E-state index in [1.807, 2.05) is 0 Å². The normalized spacial score (nSPS) is 23.3. The van der Waals surface area contributed by atoms with Gasteiger partial charge >= 0.3 is 0 Å². The third-order valence-electron chi connectivity index (χ3n) is 9.61. The molecule has 10 nitrogen and oxygen atoms in total. The first-order chi connectivity index (χ1) is 20.9. The second-order valence-corrected chi connectivity index (χ2v) is 12.4.